The molecule has 0 spiro atoms. The molecule has 2 aromatic carbocycles. The number of benzene rings is 2. The van der Waals surface area contributed by atoms with Crippen molar-refractivity contribution in [3.8, 4) is 0 Å². The van der Waals surface area contributed by atoms with Crippen LogP contribution in [0.15, 0.2) is 42.5 Å². The summed E-state index contributed by atoms with van der Waals surface area (Å²) in [5.74, 6) is -0.197. The second-order valence-corrected chi connectivity index (χ2v) is 4.78. The molecule has 0 saturated carbocycles. The fourth-order valence-electron chi connectivity index (χ4n) is 1.89. The van der Waals surface area contributed by atoms with E-state index >= 15 is 0 Å². The van der Waals surface area contributed by atoms with Crippen molar-refractivity contribution >= 4 is 17.3 Å². The Balaban J connectivity index is 2.24. The van der Waals surface area contributed by atoms with Gasteiger partial charge in [0.15, 0.2) is 0 Å². The highest BCUT2D eigenvalue weighted by Gasteiger charge is 2.11. The van der Waals surface area contributed by atoms with Crippen LogP contribution in [0.25, 0.3) is 0 Å². The lowest BCUT2D eigenvalue weighted by Crippen LogP contribution is -2.09. The van der Waals surface area contributed by atoms with Crippen LogP contribution in [0, 0.1) is 12.7 Å². The van der Waals surface area contributed by atoms with Crippen LogP contribution in [-0.2, 0) is 0 Å². The molecule has 0 amide bonds. The molecule has 1 N–H and O–H groups in total. The first-order chi connectivity index (χ1) is 8.58. The lowest BCUT2D eigenvalue weighted by atomic mass is 10.1. The number of halogens is 2. The number of nitrogens with one attached hydrogen (secondary N) is 1. The van der Waals surface area contributed by atoms with Crippen molar-refractivity contribution in [3.05, 3.63) is 64.4 Å². The van der Waals surface area contributed by atoms with E-state index in [1.54, 1.807) is 12.1 Å². The number of hydrogen-bond donors (Lipinski definition) is 1. The number of rotatable bonds is 3. The molecule has 0 bridgehead atoms. The van der Waals surface area contributed by atoms with E-state index in [2.05, 4.69) is 5.32 Å². The van der Waals surface area contributed by atoms with E-state index in [1.165, 1.54) is 6.07 Å². The highest BCUT2D eigenvalue weighted by atomic mass is 35.5. The lowest BCUT2D eigenvalue weighted by Gasteiger charge is -2.18. The highest BCUT2D eigenvalue weighted by molar-refractivity contribution is 6.30. The molecule has 94 valence electrons. The third kappa shape index (κ3) is 2.82. The van der Waals surface area contributed by atoms with E-state index in [9.17, 15) is 4.39 Å². The second-order valence-electron chi connectivity index (χ2n) is 4.35. The van der Waals surface area contributed by atoms with E-state index in [0.717, 1.165) is 11.3 Å². The van der Waals surface area contributed by atoms with Crippen molar-refractivity contribution in [3.63, 3.8) is 0 Å². The minimum Gasteiger partial charge on any atom is -0.378 e. The van der Waals surface area contributed by atoms with Crippen LogP contribution in [0.4, 0.5) is 10.1 Å². The van der Waals surface area contributed by atoms with Gasteiger partial charge in [-0.25, -0.2) is 4.39 Å². The summed E-state index contributed by atoms with van der Waals surface area (Å²) in [6, 6.07) is 12.3. The van der Waals surface area contributed by atoms with Gasteiger partial charge in [-0.15, -0.1) is 0 Å². The molecular weight excluding hydrogens is 249 g/mol. The molecule has 0 heterocycles. The van der Waals surface area contributed by atoms with Crippen molar-refractivity contribution in [2.75, 3.05) is 5.32 Å². The Morgan fingerprint density at radius 1 is 1.17 bits per heavy atom. The molecule has 1 unspecified atom stereocenters. The molecule has 2 rings (SSSR count). The largest absolute Gasteiger partial charge is 0.378 e. The zero-order valence-electron chi connectivity index (χ0n) is 10.4. The molecule has 3 heteroatoms. The minimum absolute atomic E-state index is 0.108. The third-order valence-corrected chi connectivity index (χ3v) is 3.18. The van der Waals surface area contributed by atoms with Crippen LogP contribution in [0.1, 0.15) is 24.1 Å². The normalized spacial score (nSPS) is 12.2. The lowest BCUT2D eigenvalue weighted by molar-refractivity contribution is 0.600. The van der Waals surface area contributed by atoms with Gasteiger partial charge in [0.05, 0.1) is 6.04 Å². The van der Waals surface area contributed by atoms with Crippen LogP contribution in [0.2, 0.25) is 5.02 Å². The standard InChI is InChI=1S/C15H15ClFN/c1-10-7-8-12(16)9-15(10)18-11(2)13-5-3-4-6-14(13)17/h3-9,11,18H,1-2H3. The minimum atomic E-state index is -0.197. The zero-order valence-corrected chi connectivity index (χ0v) is 11.1. The Morgan fingerprint density at radius 2 is 1.89 bits per heavy atom. The molecule has 0 aliphatic rings. The summed E-state index contributed by atoms with van der Waals surface area (Å²) in [5.41, 5.74) is 2.66. The maximum absolute atomic E-state index is 13.7. The predicted octanol–water partition coefficient (Wildman–Crippen LogP) is 4.96. The van der Waals surface area contributed by atoms with Gasteiger partial charge >= 0.3 is 0 Å². The topological polar surface area (TPSA) is 12.0 Å². The molecule has 0 saturated heterocycles. The van der Waals surface area contributed by atoms with Crippen LogP contribution in [0.3, 0.4) is 0 Å². The summed E-state index contributed by atoms with van der Waals surface area (Å²) in [7, 11) is 0. The van der Waals surface area contributed by atoms with Crippen molar-refractivity contribution < 1.29 is 4.39 Å². The van der Waals surface area contributed by atoms with Crippen LogP contribution in [0.5, 0.6) is 0 Å². The van der Waals surface area contributed by atoms with Gasteiger partial charge < -0.3 is 5.32 Å². The fraction of sp³-hybridized carbons (Fsp3) is 0.200. The second kappa shape index (κ2) is 5.40. The Labute approximate surface area is 112 Å². The quantitative estimate of drug-likeness (QED) is 0.825. The van der Waals surface area contributed by atoms with Gasteiger partial charge in [0.1, 0.15) is 5.82 Å². The smallest absolute Gasteiger partial charge is 0.128 e. The summed E-state index contributed by atoms with van der Waals surface area (Å²) in [6.07, 6.45) is 0. The maximum atomic E-state index is 13.7. The van der Waals surface area contributed by atoms with Crippen molar-refractivity contribution in [1.29, 1.82) is 0 Å². The molecule has 0 fully saturated rings. The van der Waals surface area contributed by atoms with E-state index in [1.807, 2.05) is 38.1 Å². The fourth-order valence-corrected chi connectivity index (χ4v) is 2.06. The van der Waals surface area contributed by atoms with Crippen LogP contribution < -0.4 is 5.32 Å². The first-order valence-electron chi connectivity index (χ1n) is 5.85. The SMILES string of the molecule is Cc1ccc(Cl)cc1NC(C)c1ccccc1F. The molecule has 0 radical (unpaired) electrons. The average molecular weight is 264 g/mol. The van der Waals surface area contributed by atoms with Crippen molar-refractivity contribution in [2.45, 2.75) is 19.9 Å². The van der Waals surface area contributed by atoms with Crippen LogP contribution in [-0.4, -0.2) is 0 Å². The summed E-state index contributed by atoms with van der Waals surface area (Å²) in [6.45, 7) is 3.92. The molecule has 1 atom stereocenters. The number of aryl methyl sites for hydroxylation is 1. The first-order valence-corrected chi connectivity index (χ1v) is 6.23. The Morgan fingerprint density at radius 3 is 2.61 bits per heavy atom. The Bertz CT molecular complexity index is 554. The third-order valence-electron chi connectivity index (χ3n) is 2.94. The average Bonchev–Trinajstić information content (AvgIpc) is 2.34. The van der Waals surface area contributed by atoms with Gasteiger partial charge in [-0.2, -0.15) is 0 Å². The molecule has 0 aliphatic heterocycles. The van der Waals surface area contributed by atoms with Crippen molar-refractivity contribution in [2.24, 2.45) is 0 Å². The molecule has 1 nitrogen and oxygen atoms in total. The Kier molecular flexibility index (Phi) is 3.87. The van der Waals surface area contributed by atoms with Gasteiger partial charge in [-0.05, 0) is 37.6 Å². The monoisotopic (exact) mass is 263 g/mol. The molecule has 0 aliphatic carbocycles. The highest BCUT2D eigenvalue weighted by Crippen LogP contribution is 2.26. The molecular formula is C15H15ClFN. The van der Waals surface area contributed by atoms with Gasteiger partial charge in [-0.1, -0.05) is 35.9 Å². The van der Waals surface area contributed by atoms with Gasteiger partial charge in [-0.3, -0.25) is 0 Å². The summed E-state index contributed by atoms with van der Waals surface area (Å²) < 4.78 is 13.7. The summed E-state index contributed by atoms with van der Waals surface area (Å²) >= 11 is 5.96. The van der Waals surface area contributed by atoms with E-state index in [-0.39, 0.29) is 11.9 Å². The first kappa shape index (κ1) is 12.9. The van der Waals surface area contributed by atoms with E-state index in [4.69, 9.17) is 11.6 Å². The predicted molar refractivity (Wildman–Crippen MR) is 74.6 cm³/mol. The van der Waals surface area contributed by atoms with Crippen molar-refractivity contribution in [1.82, 2.24) is 0 Å². The number of anilines is 1. The summed E-state index contributed by atoms with van der Waals surface area (Å²) in [4.78, 5) is 0. The van der Waals surface area contributed by atoms with E-state index < -0.39 is 0 Å². The maximum Gasteiger partial charge on any atom is 0.128 e. The molecule has 18 heavy (non-hydrogen) atoms. The van der Waals surface area contributed by atoms with E-state index in [0.29, 0.717) is 10.6 Å². The van der Waals surface area contributed by atoms with Gasteiger partial charge in [0, 0.05) is 16.3 Å². The zero-order chi connectivity index (χ0) is 13.1. The Hall–Kier alpha value is -1.54. The van der Waals surface area contributed by atoms with Crippen LogP contribution >= 0.6 is 11.6 Å². The molecule has 0 aromatic heterocycles. The number of hydrogen-bond acceptors (Lipinski definition) is 1. The van der Waals surface area contributed by atoms with Gasteiger partial charge in [0.2, 0.25) is 0 Å². The molecule has 2 aromatic rings. The van der Waals surface area contributed by atoms with Gasteiger partial charge in [0.25, 0.3) is 0 Å². The summed E-state index contributed by atoms with van der Waals surface area (Å²) in [5, 5.41) is 3.95.